The van der Waals surface area contributed by atoms with E-state index in [4.69, 9.17) is 23.9 Å². The molecule has 1 aromatic heterocycles. The maximum atomic E-state index is 14.2. The summed E-state index contributed by atoms with van der Waals surface area (Å²) in [6, 6.07) is 14.6. The van der Waals surface area contributed by atoms with Crippen LogP contribution < -0.4 is 14.8 Å². The molecule has 3 unspecified atom stereocenters. The summed E-state index contributed by atoms with van der Waals surface area (Å²) >= 11 is 1.36. The molecule has 0 fully saturated rings. The van der Waals surface area contributed by atoms with Crippen LogP contribution in [0.15, 0.2) is 65.2 Å². The molecule has 0 saturated carbocycles. The van der Waals surface area contributed by atoms with Gasteiger partial charge in [-0.25, -0.2) is 9.78 Å². The van der Waals surface area contributed by atoms with E-state index in [1.165, 1.54) is 11.3 Å². The van der Waals surface area contributed by atoms with Gasteiger partial charge in [0, 0.05) is 28.6 Å². The number of hydrogen-bond donors (Lipinski definition) is 1. The molecule has 4 rings (SSSR count). The van der Waals surface area contributed by atoms with Gasteiger partial charge < -0.3 is 24.3 Å². The van der Waals surface area contributed by atoms with Gasteiger partial charge in [0.25, 0.3) is 0 Å². The number of esters is 2. The number of methoxy groups -OCH3 is 2. The Kier molecular flexibility index (Phi) is 8.60. The zero-order valence-corrected chi connectivity index (χ0v) is 23.9. The number of nitrogens with zero attached hydrogens (tertiary/aromatic N) is 1. The summed E-state index contributed by atoms with van der Waals surface area (Å²) in [7, 11) is 3.16. The molecule has 0 saturated heterocycles. The number of thiazole rings is 1. The Morgan fingerprint density at radius 1 is 1.00 bits per heavy atom. The van der Waals surface area contributed by atoms with Crippen LogP contribution in [0.1, 0.15) is 44.2 Å². The predicted octanol–water partition coefficient (Wildman–Crippen LogP) is 5.24. The molecule has 2 aromatic carbocycles. The molecule has 1 aliphatic rings. The number of rotatable bonds is 9. The van der Waals surface area contributed by atoms with Crippen molar-refractivity contribution in [3.63, 3.8) is 0 Å². The highest BCUT2D eigenvalue weighted by molar-refractivity contribution is 7.10. The van der Waals surface area contributed by atoms with E-state index in [1.54, 1.807) is 28.1 Å². The number of aromatic nitrogens is 1. The largest absolute Gasteiger partial charge is 0.493 e. The minimum atomic E-state index is -1.35. The second-order valence-corrected chi connectivity index (χ2v) is 10.0. The number of allylic oxidation sites excluding steroid dienone is 1. The predicted molar refractivity (Wildman–Crippen MR) is 150 cm³/mol. The Morgan fingerprint density at radius 2 is 1.69 bits per heavy atom. The lowest BCUT2D eigenvalue weighted by Gasteiger charge is -2.46. The molecular formula is C30H34N2O6S. The highest BCUT2D eigenvalue weighted by atomic mass is 32.1. The molecule has 39 heavy (non-hydrogen) atoms. The number of benzene rings is 2. The van der Waals surface area contributed by atoms with E-state index in [9.17, 15) is 9.59 Å². The molecule has 206 valence electrons. The molecule has 9 heteroatoms. The summed E-state index contributed by atoms with van der Waals surface area (Å²) in [6.07, 6.45) is 0. The lowest BCUT2D eigenvalue weighted by Crippen LogP contribution is -2.60. The van der Waals surface area contributed by atoms with Crippen molar-refractivity contribution in [1.29, 1.82) is 0 Å². The second-order valence-electron chi connectivity index (χ2n) is 9.17. The topological polar surface area (TPSA) is 96.0 Å². The van der Waals surface area contributed by atoms with E-state index in [0.29, 0.717) is 33.5 Å². The normalized spacial score (nSPS) is 20.7. The first-order valence-electron chi connectivity index (χ1n) is 12.9. The zero-order valence-electron chi connectivity index (χ0n) is 23.1. The highest BCUT2D eigenvalue weighted by Crippen LogP contribution is 2.52. The van der Waals surface area contributed by atoms with Crippen LogP contribution >= 0.6 is 11.3 Å². The number of carbonyl (C=O) groups excluding carboxylic acids is 2. The molecule has 3 aromatic rings. The van der Waals surface area contributed by atoms with Crippen molar-refractivity contribution < 1.29 is 28.5 Å². The van der Waals surface area contributed by atoms with Crippen molar-refractivity contribution in [2.75, 3.05) is 27.4 Å². The standard InChI is InChI=1S/C30H34N2O6S/c1-7-37-27(33)25-18(3)31-19(4)30(29(34)38-8-2,26(25)20-12-10-9-11-13-20)28-32-22(17-39-28)21-14-15-23(35-5)24(16-21)36-6/h9-17,19,26,31H,7-8H2,1-6H3. The minimum absolute atomic E-state index is 0.181. The first kappa shape index (κ1) is 28.2. The van der Waals surface area contributed by atoms with Crippen LogP contribution in [0.2, 0.25) is 0 Å². The number of hydrogen-bond acceptors (Lipinski definition) is 9. The van der Waals surface area contributed by atoms with Gasteiger partial charge in [0.1, 0.15) is 5.01 Å². The van der Waals surface area contributed by atoms with E-state index in [0.717, 1.165) is 11.1 Å². The van der Waals surface area contributed by atoms with Crippen molar-refractivity contribution in [2.24, 2.45) is 0 Å². The van der Waals surface area contributed by atoms with Crippen molar-refractivity contribution in [3.05, 3.63) is 75.8 Å². The number of carbonyl (C=O) groups is 2. The molecular weight excluding hydrogens is 516 g/mol. The zero-order chi connectivity index (χ0) is 28.2. The van der Waals surface area contributed by atoms with Crippen LogP contribution in [-0.2, 0) is 24.5 Å². The third-order valence-electron chi connectivity index (χ3n) is 7.04. The molecule has 2 heterocycles. The van der Waals surface area contributed by atoms with Gasteiger partial charge >= 0.3 is 11.9 Å². The Labute approximate surface area is 233 Å². The molecule has 0 aliphatic carbocycles. The van der Waals surface area contributed by atoms with Gasteiger partial charge in [-0.05, 0) is 51.5 Å². The summed E-state index contributed by atoms with van der Waals surface area (Å²) in [5.41, 5.74) is 1.97. The smallest absolute Gasteiger partial charge is 0.336 e. The van der Waals surface area contributed by atoms with E-state index in [2.05, 4.69) is 5.32 Å². The van der Waals surface area contributed by atoms with Crippen LogP contribution in [-0.4, -0.2) is 50.4 Å². The number of nitrogens with one attached hydrogen (secondary N) is 1. The molecule has 0 amide bonds. The molecule has 3 atom stereocenters. The first-order valence-corrected chi connectivity index (χ1v) is 13.8. The van der Waals surface area contributed by atoms with Crippen LogP contribution in [0.4, 0.5) is 0 Å². The fourth-order valence-electron chi connectivity index (χ4n) is 5.30. The van der Waals surface area contributed by atoms with Crippen molar-refractivity contribution in [2.45, 2.75) is 45.1 Å². The Hall–Kier alpha value is -3.85. The average molecular weight is 551 g/mol. The summed E-state index contributed by atoms with van der Waals surface area (Å²) in [6.45, 7) is 7.69. The summed E-state index contributed by atoms with van der Waals surface area (Å²) in [4.78, 5) is 32.6. The molecule has 0 radical (unpaired) electrons. The Balaban J connectivity index is 1.98. The van der Waals surface area contributed by atoms with Crippen LogP contribution in [0.25, 0.3) is 11.3 Å². The van der Waals surface area contributed by atoms with Gasteiger partial charge in [-0.3, -0.25) is 4.79 Å². The fourth-order valence-corrected chi connectivity index (χ4v) is 6.43. The molecule has 1 N–H and O–H groups in total. The minimum Gasteiger partial charge on any atom is -0.493 e. The van der Waals surface area contributed by atoms with Gasteiger partial charge in [0.2, 0.25) is 0 Å². The fraction of sp³-hybridized carbons (Fsp3) is 0.367. The SMILES string of the molecule is CCOC(=O)C1=C(C)NC(C)C(C(=O)OCC)(c2nc(-c3ccc(OC)c(OC)c3)cs2)C1c1ccccc1. The van der Waals surface area contributed by atoms with E-state index >= 15 is 0 Å². The van der Waals surface area contributed by atoms with Gasteiger partial charge in [0.05, 0.1) is 38.7 Å². The van der Waals surface area contributed by atoms with Crippen LogP contribution in [0.3, 0.4) is 0 Å². The van der Waals surface area contributed by atoms with Crippen LogP contribution in [0.5, 0.6) is 11.5 Å². The second kappa shape index (κ2) is 11.9. The van der Waals surface area contributed by atoms with E-state index in [-0.39, 0.29) is 13.2 Å². The lowest BCUT2D eigenvalue weighted by molar-refractivity contribution is -0.153. The van der Waals surface area contributed by atoms with Crippen molar-refractivity contribution >= 4 is 23.3 Å². The molecule has 0 bridgehead atoms. The maximum Gasteiger partial charge on any atom is 0.336 e. The third-order valence-corrected chi connectivity index (χ3v) is 8.04. The summed E-state index contributed by atoms with van der Waals surface area (Å²) in [5.74, 6) is -0.455. The summed E-state index contributed by atoms with van der Waals surface area (Å²) in [5, 5.41) is 5.83. The van der Waals surface area contributed by atoms with Crippen LogP contribution in [0, 0.1) is 0 Å². The van der Waals surface area contributed by atoms with E-state index < -0.39 is 29.3 Å². The lowest BCUT2D eigenvalue weighted by atomic mass is 9.62. The highest BCUT2D eigenvalue weighted by Gasteiger charge is 2.60. The molecule has 8 nitrogen and oxygen atoms in total. The first-order chi connectivity index (χ1) is 18.8. The van der Waals surface area contributed by atoms with Gasteiger partial charge in [-0.1, -0.05) is 30.3 Å². The Bertz CT molecular complexity index is 1370. The average Bonchev–Trinajstić information content (AvgIpc) is 3.43. The van der Waals surface area contributed by atoms with Gasteiger partial charge in [-0.15, -0.1) is 11.3 Å². The Morgan fingerprint density at radius 3 is 2.33 bits per heavy atom. The quantitative estimate of drug-likeness (QED) is 0.362. The monoisotopic (exact) mass is 550 g/mol. The van der Waals surface area contributed by atoms with Crippen molar-refractivity contribution in [3.8, 4) is 22.8 Å². The third kappa shape index (κ3) is 4.98. The van der Waals surface area contributed by atoms with Gasteiger partial charge in [-0.2, -0.15) is 0 Å². The number of ether oxygens (including phenoxy) is 4. The summed E-state index contributed by atoms with van der Waals surface area (Å²) < 4.78 is 22.1. The van der Waals surface area contributed by atoms with Gasteiger partial charge in [0.15, 0.2) is 16.9 Å². The molecule has 0 spiro atoms. The van der Waals surface area contributed by atoms with E-state index in [1.807, 2.05) is 67.8 Å². The maximum absolute atomic E-state index is 14.2. The molecule has 1 aliphatic heterocycles. The van der Waals surface area contributed by atoms with Crippen molar-refractivity contribution in [1.82, 2.24) is 10.3 Å².